The molecule has 0 heterocycles. The fourth-order valence-corrected chi connectivity index (χ4v) is 2.95. The van der Waals surface area contributed by atoms with Gasteiger partial charge in [0.1, 0.15) is 11.5 Å². The van der Waals surface area contributed by atoms with Crippen molar-refractivity contribution in [2.75, 3.05) is 0 Å². The molecule has 0 aliphatic rings. The van der Waals surface area contributed by atoms with E-state index < -0.39 is 0 Å². The second-order valence-corrected chi connectivity index (χ2v) is 6.64. The Kier molecular flexibility index (Phi) is 11.5. The molecule has 1 aromatic carbocycles. The van der Waals surface area contributed by atoms with E-state index in [9.17, 15) is 5.11 Å². The third kappa shape index (κ3) is 10.3. The van der Waals surface area contributed by atoms with Gasteiger partial charge in [0.05, 0.1) is 6.10 Å². The summed E-state index contributed by atoms with van der Waals surface area (Å²) in [5.74, 6) is 1.08. The van der Waals surface area contributed by atoms with Crippen molar-refractivity contribution in [1.29, 1.82) is 0 Å². The lowest BCUT2D eigenvalue weighted by molar-refractivity contribution is 0.173. The van der Waals surface area contributed by atoms with Gasteiger partial charge in [0, 0.05) is 6.07 Å². The smallest absolute Gasteiger partial charge is 0.123 e. The predicted molar refractivity (Wildman–Crippen MR) is 99.3 cm³/mol. The fraction of sp³-hybridized carbons (Fsp3) is 0.714. The molecule has 0 aliphatic carbocycles. The van der Waals surface area contributed by atoms with E-state index >= 15 is 0 Å². The quantitative estimate of drug-likeness (QED) is 0.379. The molecule has 0 saturated heterocycles. The van der Waals surface area contributed by atoms with E-state index in [2.05, 4.69) is 13.8 Å². The van der Waals surface area contributed by atoms with Crippen molar-refractivity contribution >= 4 is 0 Å². The Morgan fingerprint density at radius 3 is 2.09 bits per heavy atom. The molecule has 2 nitrogen and oxygen atoms in total. The average molecular weight is 321 g/mol. The molecule has 0 bridgehead atoms. The Labute approximate surface area is 143 Å². The van der Waals surface area contributed by atoms with Crippen molar-refractivity contribution in [1.82, 2.24) is 0 Å². The van der Waals surface area contributed by atoms with Crippen molar-refractivity contribution in [3.05, 3.63) is 24.3 Å². The van der Waals surface area contributed by atoms with E-state index in [-0.39, 0.29) is 11.9 Å². The van der Waals surface area contributed by atoms with Crippen LogP contribution in [0.25, 0.3) is 0 Å². The molecule has 0 spiro atoms. The lowest BCUT2D eigenvalue weighted by Crippen LogP contribution is -2.16. The first-order chi connectivity index (χ1) is 11.3. The standard InChI is InChI=1S/C21H36O2/c1-3-5-7-8-9-10-11-12-16-20(15-6-4-2)23-21-17-13-14-19(22)18-21/h13-14,17-18,20,22H,3-12,15-16H2,1-2H3. The minimum Gasteiger partial charge on any atom is -0.508 e. The summed E-state index contributed by atoms with van der Waals surface area (Å²) in [5, 5.41) is 9.56. The first-order valence-electron chi connectivity index (χ1n) is 9.72. The number of benzene rings is 1. The number of hydrogen-bond donors (Lipinski definition) is 1. The van der Waals surface area contributed by atoms with Crippen LogP contribution < -0.4 is 4.74 Å². The van der Waals surface area contributed by atoms with Gasteiger partial charge < -0.3 is 9.84 Å². The van der Waals surface area contributed by atoms with Crippen molar-refractivity contribution in [3.63, 3.8) is 0 Å². The molecule has 0 fully saturated rings. The fourth-order valence-electron chi connectivity index (χ4n) is 2.95. The number of ether oxygens (including phenoxy) is 1. The van der Waals surface area contributed by atoms with Crippen molar-refractivity contribution < 1.29 is 9.84 Å². The summed E-state index contributed by atoms with van der Waals surface area (Å²) in [4.78, 5) is 0. The van der Waals surface area contributed by atoms with Gasteiger partial charge in [0.25, 0.3) is 0 Å². The molecule has 23 heavy (non-hydrogen) atoms. The van der Waals surface area contributed by atoms with Gasteiger partial charge in [-0.25, -0.2) is 0 Å². The molecule has 1 N–H and O–H groups in total. The lowest BCUT2D eigenvalue weighted by Gasteiger charge is -2.19. The molecule has 1 unspecified atom stereocenters. The summed E-state index contributed by atoms with van der Waals surface area (Å²) >= 11 is 0. The van der Waals surface area contributed by atoms with Gasteiger partial charge in [-0.15, -0.1) is 0 Å². The predicted octanol–water partition coefficient (Wildman–Crippen LogP) is 6.86. The van der Waals surface area contributed by atoms with Crippen LogP contribution in [0.4, 0.5) is 0 Å². The Balaban J connectivity index is 2.23. The Hall–Kier alpha value is -1.18. The van der Waals surface area contributed by atoms with Crippen LogP contribution in [0.2, 0.25) is 0 Å². The van der Waals surface area contributed by atoms with Gasteiger partial charge in [-0.2, -0.15) is 0 Å². The number of aromatic hydroxyl groups is 1. The molecule has 1 aromatic rings. The normalized spacial score (nSPS) is 12.3. The number of rotatable bonds is 14. The SMILES string of the molecule is CCCCCCCCCCC(CCCC)Oc1cccc(O)c1. The highest BCUT2D eigenvalue weighted by Gasteiger charge is 2.10. The van der Waals surface area contributed by atoms with Crippen LogP contribution >= 0.6 is 0 Å². The average Bonchev–Trinajstić information content (AvgIpc) is 2.55. The molecule has 0 radical (unpaired) electrons. The summed E-state index contributed by atoms with van der Waals surface area (Å²) in [6, 6.07) is 7.18. The van der Waals surface area contributed by atoms with Crippen LogP contribution in [0.3, 0.4) is 0 Å². The van der Waals surface area contributed by atoms with Gasteiger partial charge in [-0.05, 0) is 31.4 Å². The second kappa shape index (κ2) is 13.3. The van der Waals surface area contributed by atoms with Crippen molar-refractivity contribution in [2.24, 2.45) is 0 Å². The van der Waals surface area contributed by atoms with Gasteiger partial charge in [-0.3, -0.25) is 0 Å². The minimum absolute atomic E-state index is 0.281. The molecule has 0 saturated carbocycles. The van der Waals surface area contributed by atoms with E-state index in [1.807, 2.05) is 12.1 Å². The molecule has 1 atom stereocenters. The summed E-state index contributed by atoms with van der Waals surface area (Å²) in [7, 11) is 0. The highest BCUT2D eigenvalue weighted by atomic mass is 16.5. The van der Waals surface area contributed by atoms with E-state index in [0.717, 1.165) is 18.6 Å². The van der Waals surface area contributed by atoms with Crippen LogP contribution in [-0.2, 0) is 0 Å². The maximum absolute atomic E-state index is 9.56. The van der Waals surface area contributed by atoms with Crippen LogP contribution in [-0.4, -0.2) is 11.2 Å². The number of hydrogen-bond acceptors (Lipinski definition) is 2. The van der Waals surface area contributed by atoms with Gasteiger partial charge in [0.2, 0.25) is 0 Å². The van der Waals surface area contributed by atoms with Gasteiger partial charge in [-0.1, -0.05) is 77.7 Å². The molecule has 0 aliphatic heterocycles. The Morgan fingerprint density at radius 2 is 1.43 bits per heavy atom. The maximum atomic E-state index is 9.56. The number of phenolic OH excluding ortho intramolecular Hbond substituents is 1. The Bertz CT molecular complexity index is 389. The molecule has 0 aromatic heterocycles. The molecule has 0 amide bonds. The molecule has 132 valence electrons. The zero-order chi connectivity index (χ0) is 16.8. The topological polar surface area (TPSA) is 29.5 Å². The molecule has 2 heteroatoms. The lowest BCUT2D eigenvalue weighted by atomic mass is 10.0. The van der Waals surface area contributed by atoms with E-state index in [0.29, 0.717) is 0 Å². The summed E-state index contributed by atoms with van der Waals surface area (Å²) < 4.78 is 6.10. The van der Waals surface area contributed by atoms with Gasteiger partial charge in [0.15, 0.2) is 0 Å². The highest BCUT2D eigenvalue weighted by molar-refractivity contribution is 5.31. The van der Waals surface area contributed by atoms with Crippen LogP contribution in [0.5, 0.6) is 11.5 Å². The number of phenols is 1. The molecule has 1 rings (SSSR count). The van der Waals surface area contributed by atoms with Crippen LogP contribution in [0, 0.1) is 0 Å². The van der Waals surface area contributed by atoms with Crippen molar-refractivity contribution in [2.45, 2.75) is 97.0 Å². The molecular weight excluding hydrogens is 284 g/mol. The minimum atomic E-state index is 0.281. The highest BCUT2D eigenvalue weighted by Crippen LogP contribution is 2.22. The molecular formula is C21H36O2. The third-order valence-corrected chi connectivity index (χ3v) is 4.38. The summed E-state index contributed by atoms with van der Waals surface area (Å²) in [5.41, 5.74) is 0. The van der Waals surface area contributed by atoms with Crippen molar-refractivity contribution in [3.8, 4) is 11.5 Å². The second-order valence-electron chi connectivity index (χ2n) is 6.64. The monoisotopic (exact) mass is 320 g/mol. The third-order valence-electron chi connectivity index (χ3n) is 4.38. The number of unbranched alkanes of at least 4 members (excludes halogenated alkanes) is 8. The largest absolute Gasteiger partial charge is 0.508 e. The van der Waals surface area contributed by atoms with Gasteiger partial charge >= 0.3 is 0 Å². The maximum Gasteiger partial charge on any atom is 0.123 e. The first-order valence-corrected chi connectivity index (χ1v) is 9.72. The van der Waals surface area contributed by atoms with E-state index in [1.165, 1.54) is 64.2 Å². The van der Waals surface area contributed by atoms with E-state index in [4.69, 9.17) is 4.74 Å². The van der Waals surface area contributed by atoms with Crippen LogP contribution in [0.15, 0.2) is 24.3 Å². The van der Waals surface area contributed by atoms with Crippen LogP contribution in [0.1, 0.15) is 90.9 Å². The zero-order valence-corrected chi connectivity index (χ0v) is 15.2. The Morgan fingerprint density at radius 1 is 0.826 bits per heavy atom. The summed E-state index contributed by atoms with van der Waals surface area (Å²) in [6.45, 7) is 4.49. The zero-order valence-electron chi connectivity index (χ0n) is 15.2. The summed E-state index contributed by atoms with van der Waals surface area (Å²) in [6.07, 6.45) is 15.8. The van der Waals surface area contributed by atoms with E-state index in [1.54, 1.807) is 12.1 Å². The first kappa shape index (κ1) is 19.9.